The van der Waals surface area contributed by atoms with Gasteiger partial charge in [-0.3, -0.25) is 0 Å². The Kier molecular flexibility index (Phi) is 2.90. The summed E-state index contributed by atoms with van der Waals surface area (Å²) in [5.74, 6) is 0.138. The smallest absolute Gasteiger partial charge is 0.140 e. The Bertz CT molecular complexity index is 273. The van der Waals surface area contributed by atoms with E-state index in [4.69, 9.17) is 11.6 Å². The molecular weight excluding hydrogens is 230 g/mol. The van der Waals surface area contributed by atoms with Crippen molar-refractivity contribution in [3.63, 3.8) is 0 Å². The summed E-state index contributed by atoms with van der Waals surface area (Å²) < 4.78 is 13.6. The molecule has 0 aliphatic heterocycles. The second kappa shape index (κ2) is 3.55. The summed E-state index contributed by atoms with van der Waals surface area (Å²) in [7, 11) is 0. The maximum absolute atomic E-state index is 13.1. The molecule has 0 heterocycles. The van der Waals surface area contributed by atoms with Gasteiger partial charge in [-0.05, 0) is 40.0 Å². The van der Waals surface area contributed by atoms with Gasteiger partial charge in [0.15, 0.2) is 0 Å². The van der Waals surface area contributed by atoms with Crippen molar-refractivity contribution < 1.29 is 4.39 Å². The molecule has 0 saturated carbocycles. The normalized spacial score (nSPS) is 10.2. The predicted octanol–water partition coefficient (Wildman–Crippen LogP) is 3.64. The van der Waals surface area contributed by atoms with Gasteiger partial charge in [0.2, 0.25) is 0 Å². The Morgan fingerprint density at radius 3 is 2.73 bits per heavy atom. The first-order valence-electron chi connectivity index (χ1n) is 3.16. The first kappa shape index (κ1) is 9.01. The fraction of sp³-hybridized carbons (Fsp3) is 0.250. The van der Waals surface area contributed by atoms with E-state index in [1.807, 2.05) is 6.07 Å². The van der Waals surface area contributed by atoms with E-state index in [1.165, 1.54) is 0 Å². The molecule has 60 valence electrons. The predicted molar refractivity (Wildman–Crippen MR) is 48.4 cm³/mol. The van der Waals surface area contributed by atoms with Crippen LogP contribution in [-0.2, 0) is 5.88 Å². The zero-order valence-electron chi connectivity index (χ0n) is 6.00. The molecule has 0 spiro atoms. The highest BCUT2D eigenvalue weighted by atomic mass is 79.9. The summed E-state index contributed by atoms with van der Waals surface area (Å²) in [5, 5.41) is 0. The van der Waals surface area contributed by atoms with Gasteiger partial charge in [0, 0.05) is 5.88 Å². The van der Waals surface area contributed by atoms with E-state index in [9.17, 15) is 4.39 Å². The number of hydrogen-bond donors (Lipinski definition) is 0. The van der Waals surface area contributed by atoms with Crippen molar-refractivity contribution >= 4 is 27.5 Å². The van der Waals surface area contributed by atoms with Crippen molar-refractivity contribution in [2.45, 2.75) is 12.8 Å². The largest absolute Gasteiger partial charge is 0.205 e. The summed E-state index contributed by atoms with van der Waals surface area (Å²) in [5.41, 5.74) is 1.46. The molecule has 0 unspecified atom stereocenters. The van der Waals surface area contributed by atoms with Crippen LogP contribution in [0, 0.1) is 12.7 Å². The van der Waals surface area contributed by atoms with Crippen LogP contribution in [0.15, 0.2) is 16.6 Å². The lowest BCUT2D eigenvalue weighted by molar-refractivity contribution is 0.610. The highest BCUT2D eigenvalue weighted by molar-refractivity contribution is 9.10. The molecule has 0 bridgehead atoms. The topological polar surface area (TPSA) is 0 Å². The van der Waals surface area contributed by atoms with Crippen LogP contribution >= 0.6 is 27.5 Å². The zero-order valence-corrected chi connectivity index (χ0v) is 8.34. The summed E-state index contributed by atoms with van der Waals surface area (Å²) >= 11 is 8.67. The Morgan fingerprint density at radius 2 is 2.18 bits per heavy atom. The van der Waals surface area contributed by atoms with Gasteiger partial charge in [0.1, 0.15) is 5.82 Å². The lowest BCUT2D eigenvalue weighted by Gasteiger charge is -2.03. The van der Waals surface area contributed by atoms with Crippen LogP contribution in [0.2, 0.25) is 0 Å². The summed E-state index contributed by atoms with van der Waals surface area (Å²) in [4.78, 5) is 0. The van der Waals surface area contributed by atoms with Crippen molar-refractivity contribution in [2.24, 2.45) is 0 Å². The van der Waals surface area contributed by atoms with Crippen LogP contribution in [0.5, 0.6) is 0 Å². The second-order valence-electron chi connectivity index (χ2n) is 2.28. The van der Waals surface area contributed by atoms with E-state index in [2.05, 4.69) is 15.9 Å². The number of benzene rings is 1. The molecule has 0 nitrogen and oxygen atoms in total. The molecule has 0 N–H and O–H groups in total. The van der Waals surface area contributed by atoms with Gasteiger partial charge in [-0.25, -0.2) is 4.39 Å². The van der Waals surface area contributed by atoms with Gasteiger partial charge in [-0.1, -0.05) is 6.07 Å². The SMILES string of the molecule is Cc1c(CCl)ccc(Br)c1F. The molecule has 1 rings (SSSR count). The van der Waals surface area contributed by atoms with Gasteiger partial charge in [0.05, 0.1) is 4.47 Å². The van der Waals surface area contributed by atoms with E-state index in [1.54, 1.807) is 13.0 Å². The summed E-state index contributed by atoms with van der Waals surface area (Å²) in [6.45, 7) is 1.72. The van der Waals surface area contributed by atoms with Gasteiger partial charge < -0.3 is 0 Å². The van der Waals surface area contributed by atoms with Crippen LogP contribution in [0.4, 0.5) is 4.39 Å². The molecule has 0 saturated heterocycles. The molecule has 0 fully saturated rings. The minimum Gasteiger partial charge on any atom is -0.205 e. The fourth-order valence-corrected chi connectivity index (χ4v) is 1.56. The lowest BCUT2D eigenvalue weighted by atomic mass is 10.1. The Hall–Kier alpha value is -0.0800. The van der Waals surface area contributed by atoms with E-state index >= 15 is 0 Å². The number of halogens is 3. The maximum Gasteiger partial charge on any atom is 0.140 e. The van der Waals surface area contributed by atoms with Crippen molar-refractivity contribution in [1.82, 2.24) is 0 Å². The van der Waals surface area contributed by atoms with E-state index < -0.39 is 0 Å². The summed E-state index contributed by atoms with van der Waals surface area (Å²) in [6.07, 6.45) is 0. The Balaban J connectivity index is 3.25. The molecular formula is C8H7BrClF. The van der Waals surface area contributed by atoms with Crippen molar-refractivity contribution in [3.05, 3.63) is 33.5 Å². The molecule has 0 atom stereocenters. The van der Waals surface area contributed by atoms with Crippen molar-refractivity contribution in [2.75, 3.05) is 0 Å². The molecule has 3 heteroatoms. The van der Waals surface area contributed by atoms with Crippen molar-refractivity contribution in [1.29, 1.82) is 0 Å². The van der Waals surface area contributed by atoms with Gasteiger partial charge in [-0.15, -0.1) is 11.6 Å². The molecule has 0 amide bonds. The van der Waals surface area contributed by atoms with Crippen LogP contribution in [-0.4, -0.2) is 0 Å². The molecule has 1 aromatic rings. The van der Waals surface area contributed by atoms with Crippen LogP contribution in [0.3, 0.4) is 0 Å². The molecule has 0 aromatic heterocycles. The third kappa shape index (κ3) is 1.74. The van der Waals surface area contributed by atoms with Crippen LogP contribution in [0.25, 0.3) is 0 Å². The van der Waals surface area contributed by atoms with E-state index in [-0.39, 0.29) is 5.82 Å². The highest BCUT2D eigenvalue weighted by Gasteiger charge is 2.05. The summed E-state index contributed by atoms with van der Waals surface area (Å²) in [6, 6.07) is 3.48. The highest BCUT2D eigenvalue weighted by Crippen LogP contribution is 2.22. The lowest BCUT2D eigenvalue weighted by Crippen LogP contribution is -1.90. The van der Waals surface area contributed by atoms with Crippen LogP contribution < -0.4 is 0 Å². The number of hydrogen-bond acceptors (Lipinski definition) is 0. The van der Waals surface area contributed by atoms with Gasteiger partial charge >= 0.3 is 0 Å². The number of alkyl halides is 1. The second-order valence-corrected chi connectivity index (χ2v) is 3.40. The molecule has 0 aliphatic rings. The Morgan fingerprint density at radius 1 is 1.55 bits per heavy atom. The third-order valence-corrected chi connectivity index (χ3v) is 2.50. The molecule has 1 aromatic carbocycles. The third-order valence-electron chi connectivity index (χ3n) is 1.60. The maximum atomic E-state index is 13.1. The fourth-order valence-electron chi connectivity index (χ4n) is 0.837. The van der Waals surface area contributed by atoms with Crippen LogP contribution in [0.1, 0.15) is 11.1 Å². The van der Waals surface area contributed by atoms with E-state index in [0.29, 0.717) is 15.9 Å². The molecule has 0 aliphatic carbocycles. The number of rotatable bonds is 1. The van der Waals surface area contributed by atoms with Gasteiger partial charge in [-0.2, -0.15) is 0 Å². The average Bonchev–Trinajstić information content (AvgIpc) is 2.01. The standard InChI is InChI=1S/C8H7BrClF/c1-5-6(4-10)2-3-7(9)8(5)11/h2-3H,4H2,1H3. The molecule has 11 heavy (non-hydrogen) atoms. The first-order valence-corrected chi connectivity index (χ1v) is 4.49. The first-order chi connectivity index (χ1) is 5.16. The molecule has 0 radical (unpaired) electrons. The average molecular weight is 237 g/mol. The monoisotopic (exact) mass is 236 g/mol. The van der Waals surface area contributed by atoms with Gasteiger partial charge in [0.25, 0.3) is 0 Å². The Labute approximate surface area is 78.5 Å². The minimum atomic E-state index is -0.219. The van der Waals surface area contributed by atoms with Crippen molar-refractivity contribution in [3.8, 4) is 0 Å². The minimum absolute atomic E-state index is 0.219. The quantitative estimate of drug-likeness (QED) is 0.654. The van der Waals surface area contributed by atoms with E-state index in [0.717, 1.165) is 5.56 Å². The zero-order chi connectivity index (χ0) is 8.43.